The van der Waals surface area contributed by atoms with Crippen LogP contribution >= 0.6 is 0 Å². The topological polar surface area (TPSA) is 0 Å². The minimum Gasteiger partial charge on any atom is -0.0959 e. The molecule has 110 valence electrons. The van der Waals surface area contributed by atoms with Gasteiger partial charge in [0.1, 0.15) is 0 Å². The molecule has 2 aromatic carbocycles. The van der Waals surface area contributed by atoms with Crippen LogP contribution in [-0.4, -0.2) is 0 Å². The molecular formula is C22H22. The van der Waals surface area contributed by atoms with Crippen LogP contribution in [0.1, 0.15) is 37.8 Å². The summed E-state index contributed by atoms with van der Waals surface area (Å²) in [6, 6.07) is 17.3. The van der Waals surface area contributed by atoms with Gasteiger partial charge < -0.3 is 0 Å². The Morgan fingerprint density at radius 1 is 1.00 bits per heavy atom. The van der Waals surface area contributed by atoms with Crippen molar-refractivity contribution in [3.63, 3.8) is 0 Å². The van der Waals surface area contributed by atoms with E-state index in [4.69, 9.17) is 0 Å². The number of hydrogen-bond donors (Lipinski definition) is 0. The Labute approximate surface area is 133 Å². The van der Waals surface area contributed by atoms with Gasteiger partial charge in [-0.2, -0.15) is 0 Å². The third-order valence-corrected chi connectivity index (χ3v) is 4.51. The molecule has 0 radical (unpaired) electrons. The highest BCUT2D eigenvalue weighted by atomic mass is 14.3. The van der Waals surface area contributed by atoms with Crippen LogP contribution in [0, 0.1) is 0 Å². The molecule has 0 amide bonds. The van der Waals surface area contributed by atoms with Crippen LogP contribution in [0.3, 0.4) is 0 Å². The number of fused-ring (bicyclic) bond motifs is 1. The van der Waals surface area contributed by atoms with E-state index in [9.17, 15) is 0 Å². The smallest absolute Gasteiger partial charge is 0.0240 e. The van der Waals surface area contributed by atoms with Crippen molar-refractivity contribution in [2.45, 2.75) is 26.7 Å². The molecule has 2 aromatic rings. The molecule has 22 heavy (non-hydrogen) atoms. The molecule has 0 bridgehead atoms. The van der Waals surface area contributed by atoms with Crippen LogP contribution in [-0.2, 0) is 0 Å². The van der Waals surface area contributed by atoms with Gasteiger partial charge in [0.25, 0.3) is 0 Å². The molecule has 1 atom stereocenters. The van der Waals surface area contributed by atoms with Crippen molar-refractivity contribution < 1.29 is 0 Å². The average Bonchev–Trinajstić information content (AvgIpc) is 2.84. The maximum atomic E-state index is 4.06. The van der Waals surface area contributed by atoms with E-state index in [0.717, 1.165) is 5.57 Å². The SMILES string of the molecule is C=C(C)C(C)=CC1C(C)=Cc2c(-c3ccccc3)cccc21. The first-order chi connectivity index (χ1) is 10.6. The summed E-state index contributed by atoms with van der Waals surface area (Å²) in [4.78, 5) is 0. The predicted octanol–water partition coefficient (Wildman–Crippen LogP) is 6.38. The van der Waals surface area contributed by atoms with Crippen LogP contribution < -0.4 is 0 Å². The summed E-state index contributed by atoms with van der Waals surface area (Å²) in [6.45, 7) is 10.5. The first-order valence-electron chi connectivity index (χ1n) is 7.78. The molecule has 1 aliphatic rings. The summed E-state index contributed by atoms with van der Waals surface area (Å²) in [5.74, 6) is 0.371. The highest BCUT2D eigenvalue weighted by Crippen LogP contribution is 2.42. The van der Waals surface area contributed by atoms with E-state index in [2.05, 4.69) is 88.0 Å². The second kappa shape index (κ2) is 5.81. The molecule has 0 aliphatic heterocycles. The molecule has 1 aliphatic carbocycles. The van der Waals surface area contributed by atoms with Gasteiger partial charge in [0.2, 0.25) is 0 Å². The Kier molecular flexibility index (Phi) is 3.85. The zero-order chi connectivity index (χ0) is 15.7. The monoisotopic (exact) mass is 286 g/mol. The Morgan fingerprint density at radius 2 is 1.73 bits per heavy atom. The van der Waals surface area contributed by atoms with E-state index < -0.39 is 0 Å². The molecule has 0 nitrogen and oxygen atoms in total. The van der Waals surface area contributed by atoms with Crippen molar-refractivity contribution in [2.75, 3.05) is 0 Å². The fourth-order valence-electron chi connectivity index (χ4n) is 3.06. The van der Waals surface area contributed by atoms with Crippen LogP contribution in [0.4, 0.5) is 0 Å². The van der Waals surface area contributed by atoms with Crippen LogP contribution in [0.15, 0.2) is 77.9 Å². The van der Waals surface area contributed by atoms with Gasteiger partial charge in [0, 0.05) is 5.92 Å². The van der Waals surface area contributed by atoms with Gasteiger partial charge >= 0.3 is 0 Å². The third kappa shape index (κ3) is 2.57. The summed E-state index contributed by atoms with van der Waals surface area (Å²) < 4.78 is 0. The third-order valence-electron chi connectivity index (χ3n) is 4.51. The lowest BCUT2D eigenvalue weighted by atomic mass is 9.90. The molecule has 0 heteroatoms. The Morgan fingerprint density at radius 3 is 2.41 bits per heavy atom. The summed E-state index contributed by atoms with van der Waals surface area (Å²) in [5, 5.41) is 0. The number of benzene rings is 2. The number of hydrogen-bond acceptors (Lipinski definition) is 0. The molecule has 0 saturated carbocycles. The van der Waals surface area contributed by atoms with Crippen LogP contribution in [0.5, 0.6) is 0 Å². The highest BCUT2D eigenvalue weighted by molar-refractivity contribution is 5.82. The van der Waals surface area contributed by atoms with Crippen LogP contribution in [0.25, 0.3) is 17.2 Å². The molecule has 0 N–H and O–H groups in total. The summed E-state index contributed by atoms with van der Waals surface area (Å²) in [5.41, 5.74) is 9.18. The van der Waals surface area contributed by atoms with Crippen molar-refractivity contribution in [1.82, 2.24) is 0 Å². The average molecular weight is 286 g/mol. The second-order valence-electron chi connectivity index (χ2n) is 6.17. The molecular weight excluding hydrogens is 264 g/mol. The molecule has 0 aromatic heterocycles. The predicted molar refractivity (Wildman–Crippen MR) is 96.8 cm³/mol. The van der Waals surface area contributed by atoms with Gasteiger partial charge in [-0.25, -0.2) is 0 Å². The van der Waals surface area contributed by atoms with Crippen LogP contribution in [0.2, 0.25) is 0 Å². The maximum Gasteiger partial charge on any atom is 0.0240 e. The molecule has 0 heterocycles. The molecule has 0 saturated heterocycles. The summed E-state index contributed by atoms with van der Waals surface area (Å²) >= 11 is 0. The van der Waals surface area contributed by atoms with Gasteiger partial charge in [-0.15, -0.1) is 0 Å². The van der Waals surface area contributed by atoms with Crippen molar-refractivity contribution in [3.05, 3.63) is 89.0 Å². The lowest BCUT2D eigenvalue weighted by Crippen LogP contribution is -1.96. The van der Waals surface area contributed by atoms with E-state index in [1.54, 1.807) is 0 Å². The minimum atomic E-state index is 0.371. The van der Waals surface area contributed by atoms with Gasteiger partial charge in [-0.05, 0) is 43.0 Å². The van der Waals surface area contributed by atoms with Crippen molar-refractivity contribution >= 4 is 6.08 Å². The van der Waals surface area contributed by atoms with E-state index in [1.807, 2.05) is 0 Å². The molecule has 0 fully saturated rings. The number of rotatable bonds is 3. The van der Waals surface area contributed by atoms with Crippen molar-refractivity contribution in [2.24, 2.45) is 0 Å². The zero-order valence-electron chi connectivity index (χ0n) is 13.6. The summed E-state index contributed by atoms with van der Waals surface area (Å²) in [7, 11) is 0. The van der Waals surface area contributed by atoms with Crippen molar-refractivity contribution in [1.29, 1.82) is 0 Å². The van der Waals surface area contributed by atoms with E-state index >= 15 is 0 Å². The Hall–Kier alpha value is -2.34. The normalized spacial score (nSPS) is 17.1. The Balaban J connectivity index is 2.11. The van der Waals surface area contributed by atoms with E-state index in [1.165, 1.54) is 33.4 Å². The lowest BCUT2D eigenvalue weighted by molar-refractivity contribution is 1.01. The fraction of sp³-hybridized carbons (Fsp3) is 0.182. The molecule has 1 unspecified atom stereocenters. The van der Waals surface area contributed by atoms with E-state index in [-0.39, 0.29) is 0 Å². The van der Waals surface area contributed by atoms with Gasteiger partial charge in [-0.1, -0.05) is 84.0 Å². The van der Waals surface area contributed by atoms with Crippen molar-refractivity contribution in [3.8, 4) is 11.1 Å². The second-order valence-corrected chi connectivity index (χ2v) is 6.17. The highest BCUT2D eigenvalue weighted by Gasteiger charge is 2.23. The van der Waals surface area contributed by atoms with Gasteiger partial charge in [0.05, 0.1) is 0 Å². The molecule has 0 spiro atoms. The minimum absolute atomic E-state index is 0.371. The fourth-order valence-corrected chi connectivity index (χ4v) is 3.06. The largest absolute Gasteiger partial charge is 0.0959 e. The zero-order valence-corrected chi connectivity index (χ0v) is 13.6. The van der Waals surface area contributed by atoms with Gasteiger partial charge in [0.15, 0.2) is 0 Å². The summed E-state index contributed by atoms with van der Waals surface area (Å²) in [6.07, 6.45) is 4.68. The maximum absolute atomic E-state index is 4.06. The Bertz CT molecular complexity index is 773. The number of allylic oxidation sites excluding steroid dienone is 4. The standard InChI is InChI=1S/C22H22/c1-15(2)16(3)13-21-17(4)14-22-19(11-8-12-20(21)22)18-9-6-5-7-10-18/h5-14,21H,1H2,2-4H3. The lowest BCUT2D eigenvalue weighted by Gasteiger charge is -2.13. The molecule has 3 rings (SSSR count). The van der Waals surface area contributed by atoms with E-state index in [0.29, 0.717) is 5.92 Å². The van der Waals surface area contributed by atoms with Gasteiger partial charge in [-0.3, -0.25) is 0 Å². The first kappa shape index (κ1) is 14.6. The quantitative estimate of drug-likeness (QED) is 0.574. The first-order valence-corrected chi connectivity index (χ1v) is 7.78.